The van der Waals surface area contributed by atoms with Gasteiger partial charge in [0.05, 0.1) is 0 Å². The molecule has 0 saturated heterocycles. The second-order valence-corrected chi connectivity index (χ2v) is 3.44. The molecule has 0 aliphatic heterocycles. The van der Waals surface area contributed by atoms with E-state index in [1.807, 2.05) is 0 Å². The zero-order valence-corrected chi connectivity index (χ0v) is 9.49. The van der Waals surface area contributed by atoms with Crippen LogP contribution in [0, 0.1) is 0 Å². The quantitative estimate of drug-likeness (QED) is 0.474. The van der Waals surface area contributed by atoms with Crippen molar-refractivity contribution in [2.45, 2.75) is 44.5 Å². The molecule has 0 unspecified atom stereocenters. The summed E-state index contributed by atoms with van der Waals surface area (Å²) in [6, 6.07) is 0. The fraction of sp³-hybridized carbons (Fsp3) is 0.636. The lowest BCUT2D eigenvalue weighted by Gasteiger charge is -2.29. The number of hydrogen-bond acceptors (Lipinski definition) is 0. The SMILES string of the molecule is CC/C=C/C(F)(F)C(F)(F)C(F)(F)/C=C/CC. The second kappa shape index (κ2) is 5.60. The molecular weight excluding hydrogens is 246 g/mol. The highest BCUT2D eigenvalue weighted by Crippen LogP contribution is 2.47. The van der Waals surface area contributed by atoms with E-state index in [2.05, 4.69) is 0 Å². The van der Waals surface area contributed by atoms with Crippen LogP contribution in [0.1, 0.15) is 26.7 Å². The van der Waals surface area contributed by atoms with Crippen LogP contribution in [0.4, 0.5) is 26.3 Å². The van der Waals surface area contributed by atoms with Crippen molar-refractivity contribution in [3.8, 4) is 0 Å². The van der Waals surface area contributed by atoms with Gasteiger partial charge in [0.25, 0.3) is 0 Å². The van der Waals surface area contributed by atoms with Gasteiger partial charge in [0.15, 0.2) is 0 Å². The maximum absolute atomic E-state index is 13.0. The second-order valence-electron chi connectivity index (χ2n) is 3.44. The van der Waals surface area contributed by atoms with Crippen molar-refractivity contribution in [2.75, 3.05) is 0 Å². The molecule has 0 aliphatic rings. The Balaban J connectivity index is 5.22. The normalized spacial score (nSPS) is 15.1. The molecule has 0 nitrogen and oxygen atoms in total. The van der Waals surface area contributed by atoms with Crippen molar-refractivity contribution in [3.63, 3.8) is 0 Å². The maximum Gasteiger partial charge on any atom is 0.379 e. The van der Waals surface area contributed by atoms with Gasteiger partial charge in [0.1, 0.15) is 0 Å². The van der Waals surface area contributed by atoms with Gasteiger partial charge in [0.2, 0.25) is 0 Å². The molecule has 0 amide bonds. The molecular formula is C11H14F6. The first kappa shape index (κ1) is 16.1. The largest absolute Gasteiger partial charge is 0.379 e. The lowest BCUT2D eigenvalue weighted by molar-refractivity contribution is -0.273. The fourth-order valence-corrected chi connectivity index (χ4v) is 0.963. The molecule has 0 rings (SSSR count). The summed E-state index contributed by atoms with van der Waals surface area (Å²) in [5, 5.41) is 0. The van der Waals surface area contributed by atoms with E-state index in [1.165, 1.54) is 13.8 Å². The first-order chi connectivity index (χ1) is 7.62. The minimum absolute atomic E-state index is 0.0576. The highest BCUT2D eigenvalue weighted by Gasteiger charge is 2.69. The van der Waals surface area contributed by atoms with Crippen molar-refractivity contribution in [1.29, 1.82) is 0 Å². The average molecular weight is 260 g/mol. The van der Waals surface area contributed by atoms with Crippen molar-refractivity contribution < 1.29 is 26.3 Å². The van der Waals surface area contributed by atoms with Crippen molar-refractivity contribution >= 4 is 0 Å². The molecule has 0 bridgehead atoms. The van der Waals surface area contributed by atoms with Gasteiger partial charge < -0.3 is 0 Å². The third-order valence-electron chi connectivity index (χ3n) is 1.96. The standard InChI is InChI=1S/C11H14F6/c1-3-5-7-9(12,13)11(16,17)10(14,15)8-6-4-2/h5-8H,3-4H2,1-2H3/b7-5+,8-6+. The van der Waals surface area contributed by atoms with Crippen LogP contribution in [0.15, 0.2) is 24.3 Å². The third kappa shape index (κ3) is 3.51. The molecule has 17 heavy (non-hydrogen) atoms. The predicted molar refractivity (Wildman–Crippen MR) is 53.7 cm³/mol. The van der Waals surface area contributed by atoms with Gasteiger partial charge in [-0.1, -0.05) is 26.0 Å². The molecule has 0 aromatic heterocycles. The molecule has 0 N–H and O–H groups in total. The Hall–Kier alpha value is -0.940. The van der Waals surface area contributed by atoms with Gasteiger partial charge in [-0.3, -0.25) is 0 Å². The lowest BCUT2D eigenvalue weighted by Crippen LogP contribution is -2.52. The summed E-state index contributed by atoms with van der Waals surface area (Å²) in [4.78, 5) is 0. The Morgan fingerprint density at radius 3 is 1.24 bits per heavy atom. The van der Waals surface area contributed by atoms with E-state index < -0.39 is 17.8 Å². The predicted octanol–water partition coefficient (Wildman–Crippen LogP) is 4.82. The van der Waals surface area contributed by atoms with Crippen molar-refractivity contribution in [3.05, 3.63) is 24.3 Å². The number of halogens is 6. The van der Waals surface area contributed by atoms with Gasteiger partial charge >= 0.3 is 17.8 Å². The summed E-state index contributed by atoms with van der Waals surface area (Å²) in [7, 11) is 0. The highest BCUT2D eigenvalue weighted by atomic mass is 19.3. The molecule has 0 saturated carbocycles. The monoisotopic (exact) mass is 260 g/mol. The van der Waals surface area contributed by atoms with E-state index in [0.717, 1.165) is 12.2 Å². The zero-order valence-electron chi connectivity index (χ0n) is 9.49. The molecule has 0 heterocycles. The molecule has 0 fully saturated rings. The Labute approximate surface area is 96.0 Å². The Kier molecular flexibility index (Phi) is 5.29. The molecule has 0 radical (unpaired) electrons. The van der Waals surface area contributed by atoms with Crippen LogP contribution in [0.3, 0.4) is 0 Å². The Morgan fingerprint density at radius 2 is 1.00 bits per heavy atom. The van der Waals surface area contributed by atoms with E-state index in [-0.39, 0.29) is 25.0 Å². The summed E-state index contributed by atoms with van der Waals surface area (Å²) >= 11 is 0. The molecule has 0 atom stereocenters. The number of alkyl halides is 6. The zero-order chi connectivity index (χ0) is 13.7. The molecule has 6 heteroatoms. The minimum atomic E-state index is -5.45. The summed E-state index contributed by atoms with van der Waals surface area (Å²) in [5.41, 5.74) is 0. The highest BCUT2D eigenvalue weighted by molar-refractivity contribution is 5.13. The summed E-state index contributed by atoms with van der Waals surface area (Å²) in [6.07, 6.45) is 1.21. The summed E-state index contributed by atoms with van der Waals surface area (Å²) in [6.45, 7) is 2.86. The van der Waals surface area contributed by atoms with E-state index in [4.69, 9.17) is 0 Å². The fourth-order valence-electron chi connectivity index (χ4n) is 0.963. The van der Waals surface area contributed by atoms with Crippen molar-refractivity contribution in [2.24, 2.45) is 0 Å². The molecule has 100 valence electrons. The van der Waals surface area contributed by atoms with Crippen LogP contribution < -0.4 is 0 Å². The van der Waals surface area contributed by atoms with Gasteiger partial charge in [-0.05, 0) is 25.0 Å². The van der Waals surface area contributed by atoms with Gasteiger partial charge in [-0.15, -0.1) is 0 Å². The van der Waals surface area contributed by atoms with Gasteiger partial charge in [0, 0.05) is 0 Å². The van der Waals surface area contributed by atoms with Crippen LogP contribution in [0.2, 0.25) is 0 Å². The van der Waals surface area contributed by atoms with E-state index in [0.29, 0.717) is 0 Å². The van der Waals surface area contributed by atoms with Crippen LogP contribution in [-0.2, 0) is 0 Å². The first-order valence-corrected chi connectivity index (χ1v) is 5.11. The Morgan fingerprint density at radius 1 is 0.706 bits per heavy atom. The van der Waals surface area contributed by atoms with Crippen LogP contribution >= 0.6 is 0 Å². The first-order valence-electron chi connectivity index (χ1n) is 5.11. The third-order valence-corrected chi connectivity index (χ3v) is 1.96. The molecule has 0 aromatic rings. The summed E-state index contributed by atoms with van der Waals surface area (Å²) in [5.74, 6) is -15.2. The average Bonchev–Trinajstić information content (AvgIpc) is 2.23. The van der Waals surface area contributed by atoms with Gasteiger partial charge in [-0.25, -0.2) is 0 Å². The number of hydrogen-bond donors (Lipinski definition) is 0. The smallest absolute Gasteiger partial charge is 0.195 e. The van der Waals surface area contributed by atoms with E-state index in [9.17, 15) is 26.3 Å². The topological polar surface area (TPSA) is 0 Å². The number of allylic oxidation sites excluding steroid dienone is 4. The summed E-state index contributed by atoms with van der Waals surface area (Å²) < 4.78 is 77.9. The van der Waals surface area contributed by atoms with Crippen LogP contribution in [-0.4, -0.2) is 17.8 Å². The molecule has 0 spiro atoms. The van der Waals surface area contributed by atoms with Crippen LogP contribution in [0.5, 0.6) is 0 Å². The maximum atomic E-state index is 13.0. The Bertz CT molecular complexity index is 262. The number of rotatable bonds is 6. The molecule has 0 aromatic carbocycles. The van der Waals surface area contributed by atoms with E-state index >= 15 is 0 Å². The minimum Gasteiger partial charge on any atom is -0.195 e. The van der Waals surface area contributed by atoms with E-state index in [1.54, 1.807) is 0 Å². The van der Waals surface area contributed by atoms with Gasteiger partial charge in [-0.2, -0.15) is 26.3 Å². The lowest BCUT2D eigenvalue weighted by atomic mass is 10.0. The molecule has 0 aliphatic carbocycles. The van der Waals surface area contributed by atoms with Crippen molar-refractivity contribution in [1.82, 2.24) is 0 Å². The van der Waals surface area contributed by atoms with Crippen LogP contribution in [0.25, 0.3) is 0 Å².